The van der Waals surface area contributed by atoms with Gasteiger partial charge in [-0.25, -0.2) is 0 Å². The highest BCUT2D eigenvalue weighted by Gasteiger charge is 2.59. The number of benzene rings is 1. The predicted molar refractivity (Wildman–Crippen MR) is 90.2 cm³/mol. The topological polar surface area (TPSA) is 49.3 Å². The van der Waals surface area contributed by atoms with Gasteiger partial charge in [0, 0.05) is 11.6 Å². The minimum Gasteiger partial charge on any atom is -0.390 e. The van der Waals surface area contributed by atoms with Crippen LogP contribution in [0.25, 0.3) is 0 Å². The third kappa shape index (κ3) is 2.89. The van der Waals surface area contributed by atoms with Gasteiger partial charge in [-0.15, -0.1) is 0 Å². The molecule has 0 saturated heterocycles. The number of hydrogen-bond acceptors (Lipinski definition) is 2. The number of carbonyl (C=O) groups excluding carboxylic acids is 1. The lowest BCUT2D eigenvalue weighted by atomic mass is 9.47. The summed E-state index contributed by atoms with van der Waals surface area (Å²) in [6, 6.07) is 7.77. The maximum Gasteiger partial charge on any atom is 0.226 e. The van der Waals surface area contributed by atoms with E-state index in [1.165, 1.54) is 12.0 Å². The molecule has 4 heteroatoms. The summed E-state index contributed by atoms with van der Waals surface area (Å²) < 4.78 is 0. The normalized spacial score (nSPS) is 37.8. The van der Waals surface area contributed by atoms with E-state index < -0.39 is 5.60 Å². The number of amides is 1. The molecule has 2 unspecified atom stereocenters. The van der Waals surface area contributed by atoms with E-state index in [9.17, 15) is 9.90 Å². The Balaban J connectivity index is 1.38. The second-order valence-electron chi connectivity index (χ2n) is 8.10. The molecule has 4 saturated carbocycles. The molecule has 23 heavy (non-hydrogen) atoms. The molecule has 4 aliphatic carbocycles. The quantitative estimate of drug-likeness (QED) is 0.888. The third-order valence-electron chi connectivity index (χ3n) is 6.12. The van der Waals surface area contributed by atoms with Crippen molar-refractivity contribution in [1.29, 1.82) is 0 Å². The first-order valence-corrected chi connectivity index (χ1v) is 9.09. The van der Waals surface area contributed by atoms with Gasteiger partial charge < -0.3 is 10.4 Å². The predicted octanol–water partition coefficient (Wildman–Crippen LogP) is 3.33. The maximum absolute atomic E-state index is 12.8. The van der Waals surface area contributed by atoms with Crippen molar-refractivity contribution in [2.45, 2.75) is 50.5 Å². The summed E-state index contributed by atoms with van der Waals surface area (Å²) in [6.07, 6.45) is 6.45. The number of halogens is 1. The van der Waals surface area contributed by atoms with Crippen LogP contribution in [0.3, 0.4) is 0 Å². The molecule has 0 radical (unpaired) electrons. The van der Waals surface area contributed by atoms with Gasteiger partial charge in [0.15, 0.2) is 0 Å². The van der Waals surface area contributed by atoms with Gasteiger partial charge in [0.2, 0.25) is 5.91 Å². The molecule has 1 aromatic rings. The Labute approximate surface area is 142 Å². The van der Waals surface area contributed by atoms with E-state index in [-0.39, 0.29) is 11.3 Å². The Morgan fingerprint density at radius 2 is 1.83 bits per heavy atom. The van der Waals surface area contributed by atoms with Crippen molar-refractivity contribution >= 4 is 17.5 Å². The Hall–Kier alpha value is -1.06. The van der Waals surface area contributed by atoms with Crippen LogP contribution in [-0.4, -0.2) is 23.2 Å². The van der Waals surface area contributed by atoms with Crippen molar-refractivity contribution in [3.05, 3.63) is 34.9 Å². The highest BCUT2D eigenvalue weighted by molar-refractivity contribution is 6.30. The van der Waals surface area contributed by atoms with Gasteiger partial charge in [0.05, 0.1) is 11.0 Å². The fraction of sp³-hybridized carbons (Fsp3) is 0.632. The smallest absolute Gasteiger partial charge is 0.226 e. The zero-order valence-electron chi connectivity index (χ0n) is 13.4. The first-order valence-electron chi connectivity index (χ1n) is 8.72. The number of carbonyl (C=O) groups is 1. The molecule has 0 heterocycles. The lowest BCUT2D eigenvalue weighted by Gasteiger charge is -2.59. The molecule has 1 aromatic carbocycles. The van der Waals surface area contributed by atoms with Crippen molar-refractivity contribution in [1.82, 2.24) is 5.32 Å². The van der Waals surface area contributed by atoms with Crippen molar-refractivity contribution in [2.75, 3.05) is 6.54 Å². The highest BCUT2D eigenvalue weighted by Crippen LogP contribution is 2.61. The van der Waals surface area contributed by atoms with Crippen molar-refractivity contribution in [3.63, 3.8) is 0 Å². The molecule has 4 bridgehead atoms. The van der Waals surface area contributed by atoms with Crippen molar-refractivity contribution in [3.8, 4) is 0 Å². The van der Waals surface area contributed by atoms with Crippen LogP contribution >= 0.6 is 11.6 Å². The molecule has 4 atom stereocenters. The number of hydrogen-bond donors (Lipinski definition) is 2. The van der Waals surface area contributed by atoms with E-state index in [1.807, 2.05) is 24.3 Å². The minimum atomic E-state index is -0.572. The monoisotopic (exact) mass is 333 g/mol. The Morgan fingerprint density at radius 1 is 1.17 bits per heavy atom. The van der Waals surface area contributed by atoms with E-state index in [1.54, 1.807) is 0 Å². The van der Waals surface area contributed by atoms with Gasteiger partial charge in [-0.2, -0.15) is 0 Å². The summed E-state index contributed by atoms with van der Waals surface area (Å²) in [7, 11) is 0. The Bertz CT molecular complexity index is 598. The van der Waals surface area contributed by atoms with Crippen molar-refractivity contribution < 1.29 is 9.90 Å². The Kier molecular flexibility index (Phi) is 3.69. The number of aliphatic hydroxyl groups is 1. The first-order chi connectivity index (χ1) is 11.0. The summed E-state index contributed by atoms with van der Waals surface area (Å²) in [5, 5.41) is 14.6. The van der Waals surface area contributed by atoms with Gasteiger partial charge in [-0.1, -0.05) is 23.7 Å². The number of nitrogens with one attached hydrogen (secondary N) is 1. The zero-order valence-corrected chi connectivity index (χ0v) is 14.1. The lowest BCUT2D eigenvalue weighted by Crippen LogP contribution is -2.60. The average Bonchev–Trinajstić information content (AvgIpc) is 2.46. The van der Waals surface area contributed by atoms with Crippen LogP contribution in [-0.2, 0) is 11.2 Å². The summed E-state index contributed by atoms with van der Waals surface area (Å²) in [6.45, 7) is 0.649. The van der Waals surface area contributed by atoms with Crippen LogP contribution in [0, 0.1) is 17.3 Å². The average molecular weight is 334 g/mol. The largest absolute Gasteiger partial charge is 0.390 e. The van der Waals surface area contributed by atoms with Crippen LogP contribution in [0.2, 0.25) is 5.02 Å². The molecule has 124 valence electrons. The van der Waals surface area contributed by atoms with E-state index in [2.05, 4.69) is 5.32 Å². The van der Waals surface area contributed by atoms with E-state index in [0.717, 1.165) is 37.1 Å². The lowest BCUT2D eigenvalue weighted by molar-refractivity contribution is -0.178. The molecule has 4 fully saturated rings. The van der Waals surface area contributed by atoms with Gasteiger partial charge >= 0.3 is 0 Å². The van der Waals surface area contributed by atoms with Gasteiger partial charge in [-0.05, 0) is 74.5 Å². The van der Waals surface area contributed by atoms with Crippen LogP contribution in [0.15, 0.2) is 24.3 Å². The second-order valence-corrected chi connectivity index (χ2v) is 8.53. The highest BCUT2D eigenvalue weighted by atomic mass is 35.5. The molecule has 5 rings (SSSR count). The fourth-order valence-electron chi connectivity index (χ4n) is 5.64. The summed E-state index contributed by atoms with van der Waals surface area (Å²) in [5.74, 6) is 1.26. The van der Waals surface area contributed by atoms with E-state index >= 15 is 0 Å². The van der Waals surface area contributed by atoms with Crippen LogP contribution in [0.5, 0.6) is 0 Å². The van der Waals surface area contributed by atoms with Gasteiger partial charge in [0.1, 0.15) is 0 Å². The maximum atomic E-state index is 12.8. The first kappa shape index (κ1) is 15.5. The molecule has 3 nitrogen and oxygen atoms in total. The molecule has 4 aliphatic rings. The van der Waals surface area contributed by atoms with Crippen LogP contribution in [0.4, 0.5) is 0 Å². The molecule has 0 aliphatic heterocycles. The van der Waals surface area contributed by atoms with Gasteiger partial charge in [0.25, 0.3) is 0 Å². The zero-order chi connectivity index (χ0) is 16.1. The van der Waals surface area contributed by atoms with Crippen LogP contribution < -0.4 is 5.32 Å². The standard InChI is InChI=1S/C19H24ClNO2/c20-16-3-1-13(2-4-16)5-6-21-17(22)18-8-14-7-15(9-18)11-19(23,10-14)12-18/h1-4,14-15,23H,5-12H2,(H,21,22)/t14-,15+,18?,19?. The second kappa shape index (κ2) is 5.49. The van der Waals surface area contributed by atoms with E-state index in [4.69, 9.17) is 11.6 Å². The molecular weight excluding hydrogens is 310 g/mol. The minimum absolute atomic E-state index is 0.166. The summed E-state index contributed by atoms with van der Waals surface area (Å²) in [4.78, 5) is 12.8. The molecule has 0 spiro atoms. The summed E-state index contributed by atoms with van der Waals surface area (Å²) >= 11 is 5.89. The number of rotatable bonds is 4. The molecular formula is C19H24ClNO2. The van der Waals surface area contributed by atoms with E-state index in [0.29, 0.717) is 24.8 Å². The van der Waals surface area contributed by atoms with Crippen molar-refractivity contribution in [2.24, 2.45) is 17.3 Å². The molecule has 2 N–H and O–H groups in total. The SMILES string of the molecule is O=C(NCCc1ccc(Cl)cc1)C12C[C@@H]3C[C@@H](CC(O)(C3)C1)C2. The summed E-state index contributed by atoms with van der Waals surface area (Å²) in [5.41, 5.74) is 0.301. The fourth-order valence-corrected chi connectivity index (χ4v) is 5.76. The molecule has 1 amide bonds. The Morgan fingerprint density at radius 3 is 2.43 bits per heavy atom. The van der Waals surface area contributed by atoms with Crippen LogP contribution in [0.1, 0.15) is 44.1 Å². The van der Waals surface area contributed by atoms with Gasteiger partial charge in [-0.3, -0.25) is 4.79 Å². The third-order valence-corrected chi connectivity index (χ3v) is 6.38. The molecule has 0 aromatic heterocycles.